The summed E-state index contributed by atoms with van der Waals surface area (Å²) < 4.78 is 0. The van der Waals surface area contributed by atoms with Gasteiger partial charge in [-0.2, -0.15) is 5.10 Å². The average molecular weight is 409 g/mol. The zero-order valence-corrected chi connectivity index (χ0v) is 17.2. The summed E-state index contributed by atoms with van der Waals surface area (Å²) in [5.74, 6) is 0.0836. The van der Waals surface area contributed by atoms with Crippen molar-refractivity contribution in [3.05, 3.63) is 107 Å². The molecule has 0 aliphatic carbocycles. The molecule has 154 valence electrons. The maximum absolute atomic E-state index is 13.4. The van der Waals surface area contributed by atoms with Gasteiger partial charge >= 0.3 is 0 Å². The van der Waals surface area contributed by atoms with Crippen molar-refractivity contribution in [1.29, 1.82) is 0 Å². The number of nitrogens with zero attached hydrogens (tertiary/aromatic N) is 2. The minimum absolute atomic E-state index is 0.0642. The van der Waals surface area contributed by atoms with Crippen LogP contribution < -0.4 is 0 Å². The molecule has 1 aliphatic rings. The highest BCUT2D eigenvalue weighted by molar-refractivity contribution is 6.00. The Hall–Kier alpha value is -3.86. The summed E-state index contributed by atoms with van der Waals surface area (Å²) in [6.45, 7) is 2.64. The molecular weight excluding hydrogens is 386 g/mol. The van der Waals surface area contributed by atoms with Gasteiger partial charge in [0.1, 0.15) is 17.1 Å². The van der Waals surface area contributed by atoms with Crippen molar-refractivity contribution in [2.75, 3.05) is 6.54 Å². The molecule has 0 spiro atoms. The first-order chi connectivity index (χ1) is 15.1. The van der Waals surface area contributed by atoms with E-state index in [4.69, 9.17) is 0 Å². The Balaban J connectivity index is 1.59. The predicted octanol–water partition coefficient (Wildman–Crippen LogP) is 4.88. The largest absolute Gasteiger partial charge is 0.507 e. The number of rotatable bonds is 5. The van der Waals surface area contributed by atoms with Crippen LogP contribution in [0.5, 0.6) is 5.75 Å². The fraction of sp³-hybridized carbons (Fsp3) is 0.154. The number of hydrogen-bond acceptors (Lipinski definition) is 3. The Morgan fingerprint density at radius 3 is 2.42 bits per heavy atom. The number of benzene rings is 3. The molecule has 2 heterocycles. The average Bonchev–Trinajstić information content (AvgIpc) is 3.33. The summed E-state index contributed by atoms with van der Waals surface area (Å²) in [4.78, 5) is 15.3. The van der Waals surface area contributed by atoms with Gasteiger partial charge in [-0.25, -0.2) is 0 Å². The van der Waals surface area contributed by atoms with Gasteiger partial charge in [-0.15, -0.1) is 0 Å². The number of carbonyl (C=O) groups is 1. The van der Waals surface area contributed by atoms with Gasteiger partial charge in [-0.3, -0.25) is 9.89 Å². The molecule has 5 heteroatoms. The number of phenolic OH excluding ortho intramolecular Hbond substituents is 1. The number of aromatic hydroxyl groups is 1. The second-order valence-electron chi connectivity index (χ2n) is 7.93. The summed E-state index contributed by atoms with van der Waals surface area (Å²) in [7, 11) is 0. The molecule has 0 bridgehead atoms. The van der Waals surface area contributed by atoms with E-state index in [9.17, 15) is 9.90 Å². The highest BCUT2D eigenvalue weighted by Crippen LogP contribution is 2.44. The van der Waals surface area contributed by atoms with Crippen molar-refractivity contribution in [1.82, 2.24) is 15.1 Å². The van der Waals surface area contributed by atoms with E-state index in [2.05, 4.69) is 46.6 Å². The third-order valence-corrected chi connectivity index (χ3v) is 5.90. The lowest BCUT2D eigenvalue weighted by Crippen LogP contribution is -2.31. The summed E-state index contributed by atoms with van der Waals surface area (Å²) in [6, 6.07) is 25.3. The Morgan fingerprint density at radius 1 is 0.968 bits per heavy atom. The standard InChI is InChI=1S/C26H23N3O2/c1-17-11-13-19(14-12-17)25-22-23(20-9-5-6-10-21(20)30)27-28-24(22)26(31)29(25)16-15-18-7-3-2-4-8-18/h2-14,25,30H,15-16H2,1H3,(H,27,28)/t25-/m1/s1. The molecule has 4 aromatic rings. The minimum atomic E-state index is -0.264. The van der Waals surface area contributed by atoms with Crippen LogP contribution in [0.25, 0.3) is 11.3 Å². The number of amides is 1. The van der Waals surface area contributed by atoms with Crippen LogP contribution in [0.4, 0.5) is 0 Å². The van der Waals surface area contributed by atoms with E-state index < -0.39 is 0 Å². The number of hydrogen-bond donors (Lipinski definition) is 2. The Kier molecular flexibility index (Phi) is 4.79. The van der Waals surface area contributed by atoms with E-state index in [1.165, 1.54) is 5.56 Å². The van der Waals surface area contributed by atoms with Crippen LogP contribution in [-0.2, 0) is 6.42 Å². The van der Waals surface area contributed by atoms with Crippen LogP contribution in [0, 0.1) is 6.92 Å². The zero-order chi connectivity index (χ0) is 21.4. The fourth-order valence-electron chi connectivity index (χ4n) is 4.30. The molecule has 1 amide bonds. The first-order valence-electron chi connectivity index (χ1n) is 10.4. The molecule has 2 N–H and O–H groups in total. The number of fused-ring (bicyclic) bond motifs is 1. The van der Waals surface area contributed by atoms with Gasteiger partial charge in [0.2, 0.25) is 0 Å². The lowest BCUT2D eigenvalue weighted by Gasteiger charge is -2.26. The number of para-hydroxylation sites is 1. The first-order valence-corrected chi connectivity index (χ1v) is 10.4. The summed E-state index contributed by atoms with van der Waals surface area (Å²) in [5, 5.41) is 17.8. The highest BCUT2D eigenvalue weighted by Gasteiger charge is 2.42. The summed E-state index contributed by atoms with van der Waals surface area (Å²) >= 11 is 0. The lowest BCUT2D eigenvalue weighted by molar-refractivity contribution is 0.0746. The van der Waals surface area contributed by atoms with Crippen LogP contribution >= 0.6 is 0 Å². The predicted molar refractivity (Wildman–Crippen MR) is 120 cm³/mol. The quantitative estimate of drug-likeness (QED) is 0.494. The third-order valence-electron chi connectivity index (χ3n) is 5.90. The molecule has 1 atom stereocenters. The minimum Gasteiger partial charge on any atom is -0.507 e. The molecule has 0 saturated heterocycles. The van der Waals surface area contributed by atoms with E-state index in [1.54, 1.807) is 12.1 Å². The van der Waals surface area contributed by atoms with Gasteiger partial charge in [0.05, 0.1) is 6.04 Å². The number of phenols is 1. The number of aryl methyl sites for hydroxylation is 1. The van der Waals surface area contributed by atoms with E-state index in [0.717, 1.165) is 23.1 Å². The van der Waals surface area contributed by atoms with Crippen LogP contribution in [-0.4, -0.2) is 32.7 Å². The van der Waals surface area contributed by atoms with Gasteiger partial charge in [0.25, 0.3) is 5.91 Å². The van der Waals surface area contributed by atoms with Crippen LogP contribution in [0.3, 0.4) is 0 Å². The second kappa shape index (κ2) is 7.76. The molecule has 3 aromatic carbocycles. The lowest BCUT2D eigenvalue weighted by atomic mass is 9.95. The van der Waals surface area contributed by atoms with Crippen LogP contribution in [0.2, 0.25) is 0 Å². The van der Waals surface area contributed by atoms with Gasteiger partial charge < -0.3 is 10.0 Å². The van der Waals surface area contributed by atoms with Crippen LogP contribution in [0.1, 0.15) is 38.8 Å². The fourth-order valence-corrected chi connectivity index (χ4v) is 4.30. The van der Waals surface area contributed by atoms with Crippen molar-refractivity contribution in [3.8, 4) is 17.0 Å². The van der Waals surface area contributed by atoms with Crippen molar-refractivity contribution in [2.24, 2.45) is 0 Å². The molecule has 0 fully saturated rings. The molecule has 1 aromatic heterocycles. The van der Waals surface area contributed by atoms with Gasteiger partial charge in [-0.1, -0.05) is 72.3 Å². The van der Waals surface area contributed by atoms with Gasteiger partial charge in [-0.05, 0) is 36.6 Å². The molecule has 0 saturated carbocycles. The van der Waals surface area contributed by atoms with Crippen molar-refractivity contribution < 1.29 is 9.90 Å². The van der Waals surface area contributed by atoms with E-state index >= 15 is 0 Å². The number of aromatic amines is 1. The molecule has 5 rings (SSSR count). The highest BCUT2D eigenvalue weighted by atomic mass is 16.3. The number of nitrogens with one attached hydrogen (secondary N) is 1. The summed E-state index contributed by atoms with van der Waals surface area (Å²) in [5.41, 5.74) is 5.94. The molecule has 31 heavy (non-hydrogen) atoms. The maximum atomic E-state index is 13.4. The Bertz CT molecular complexity index is 1230. The monoisotopic (exact) mass is 409 g/mol. The van der Waals surface area contributed by atoms with Crippen molar-refractivity contribution >= 4 is 5.91 Å². The Labute approximate surface area is 181 Å². The Morgan fingerprint density at radius 2 is 1.68 bits per heavy atom. The molecule has 0 unspecified atom stereocenters. The van der Waals surface area contributed by atoms with Crippen LogP contribution in [0.15, 0.2) is 78.9 Å². The number of H-pyrrole nitrogens is 1. The zero-order valence-electron chi connectivity index (χ0n) is 17.2. The smallest absolute Gasteiger partial charge is 0.273 e. The third kappa shape index (κ3) is 3.38. The van der Waals surface area contributed by atoms with E-state index in [1.807, 2.05) is 42.2 Å². The van der Waals surface area contributed by atoms with Crippen molar-refractivity contribution in [2.45, 2.75) is 19.4 Å². The number of carbonyl (C=O) groups excluding carboxylic acids is 1. The van der Waals surface area contributed by atoms with E-state index in [0.29, 0.717) is 23.5 Å². The molecular formula is C26H23N3O2. The molecule has 0 radical (unpaired) electrons. The van der Waals surface area contributed by atoms with E-state index in [-0.39, 0.29) is 17.7 Å². The normalized spacial score (nSPS) is 15.3. The second-order valence-corrected chi connectivity index (χ2v) is 7.93. The topological polar surface area (TPSA) is 69.2 Å². The molecule has 5 nitrogen and oxygen atoms in total. The van der Waals surface area contributed by atoms with Crippen molar-refractivity contribution in [3.63, 3.8) is 0 Å². The maximum Gasteiger partial charge on any atom is 0.273 e. The summed E-state index contributed by atoms with van der Waals surface area (Å²) in [6.07, 6.45) is 0.762. The molecule has 1 aliphatic heterocycles. The van der Waals surface area contributed by atoms with Gasteiger partial charge in [0.15, 0.2) is 0 Å². The number of aromatic nitrogens is 2. The van der Waals surface area contributed by atoms with Gasteiger partial charge in [0, 0.05) is 17.7 Å². The first kappa shape index (κ1) is 19.1. The SMILES string of the molecule is Cc1ccc([C@@H]2c3c(-c4ccccc4O)n[nH]c3C(=O)N2CCc2ccccc2)cc1.